The highest BCUT2D eigenvalue weighted by Gasteiger charge is 2.22. The molecule has 0 unspecified atom stereocenters. The first-order chi connectivity index (χ1) is 8.04. The number of hydrogen-bond donors (Lipinski definition) is 2. The maximum absolute atomic E-state index is 10.3. The Hall–Kier alpha value is -1.82. The predicted octanol–water partition coefficient (Wildman–Crippen LogP) is 0.305. The van der Waals surface area contributed by atoms with Crippen molar-refractivity contribution in [3.63, 3.8) is 0 Å². The van der Waals surface area contributed by atoms with Crippen molar-refractivity contribution in [2.24, 2.45) is 10.3 Å². The van der Waals surface area contributed by atoms with Crippen molar-refractivity contribution in [1.82, 2.24) is 0 Å². The number of halogens is 1. The van der Waals surface area contributed by atoms with Crippen molar-refractivity contribution in [1.29, 1.82) is 0 Å². The van der Waals surface area contributed by atoms with E-state index in [-0.39, 0.29) is 0 Å². The minimum absolute atomic E-state index is 0.447. The molecule has 10 nitrogen and oxygen atoms in total. The van der Waals surface area contributed by atoms with Gasteiger partial charge in [-0.3, -0.25) is 20.2 Å². The zero-order valence-corrected chi connectivity index (χ0v) is 10.1. The van der Waals surface area contributed by atoms with Gasteiger partial charge in [-0.25, -0.2) is 10.3 Å². The molecule has 0 heterocycles. The number of nitrogens with zero attached hydrogens (tertiary/aromatic N) is 2. The molecule has 1 aromatic carbocycles. The molecule has 0 amide bonds. The molecule has 1 aromatic rings. The van der Waals surface area contributed by atoms with E-state index < -0.39 is 36.5 Å². The predicted molar refractivity (Wildman–Crippen MR) is 62.1 cm³/mol. The van der Waals surface area contributed by atoms with Crippen LogP contribution in [0.15, 0.2) is 18.2 Å². The van der Waals surface area contributed by atoms with Crippen LogP contribution in [0.2, 0.25) is 5.02 Å². The summed E-state index contributed by atoms with van der Waals surface area (Å²) in [7, 11) is -3.67. The molecule has 0 bridgehead atoms. The summed E-state index contributed by atoms with van der Waals surface area (Å²) in [6, 6.07) is 3.42. The van der Waals surface area contributed by atoms with Crippen LogP contribution in [0.4, 0.5) is 11.4 Å². The lowest BCUT2D eigenvalue weighted by atomic mass is 10.3. The average molecular weight is 299 g/mol. The molecule has 0 saturated carbocycles. The summed E-state index contributed by atoms with van der Waals surface area (Å²) < 4.78 is 18.4. The quantitative estimate of drug-likeness (QED) is 0.586. The zero-order valence-electron chi connectivity index (χ0n) is 8.52. The summed E-state index contributed by atoms with van der Waals surface area (Å²) in [5.74, 6) is 0. The van der Waals surface area contributed by atoms with Crippen LogP contribution in [0.1, 0.15) is 0 Å². The fourth-order valence-electron chi connectivity index (χ4n) is 0.790. The van der Waals surface area contributed by atoms with Gasteiger partial charge in [-0.2, -0.15) is 8.42 Å². The van der Waals surface area contributed by atoms with Crippen LogP contribution in [0.3, 0.4) is 0 Å². The van der Waals surface area contributed by atoms with Gasteiger partial charge in [0.2, 0.25) is 0 Å². The van der Waals surface area contributed by atoms with Gasteiger partial charge in [0.05, 0.1) is 9.85 Å². The van der Waals surface area contributed by atoms with Crippen molar-refractivity contribution in [2.75, 3.05) is 0 Å². The highest BCUT2D eigenvalue weighted by molar-refractivity contribution is 7.86. The first kappa shape index (κ1) is 16.2. The average Bonchev–Trinajstić information content (AvgIpc) is 2.14. The van der Waals surface area contributed by atoms with Gasteiger partial charge in [0.25, 0.3) is 21.6 Å². The third-order valence-corrected chi connectivity index (χ3v) is 1.74. The molecule has 1 rings (SSSR count). The Kier molecular flexibility index (Phi) is 5.58. The van der Waals surface area contributed by atoms with Crippen molar-refractivity contribution >= 4 is 33.2 Å². The van der Waals surface area contributed by atoms with E-state index in [1.165, 1.54) is 6.07 Å². The van der Waals surface area contributed by atoms with Crippen LogP contribution in [-0.4, -0.2) is 18.3 Å². The molecule has 0 spiro atoms. The van der Waals surface area contributed by atoms with Crippen molar-refractivity contribution in [3.8, 4) is 0 Å². The number of benzene rings is 1. The molecule has 0 aliphatic rings. The number of nitro benzene ring substituents is 2. The summed E-state index contributed by atoms with van der Waals surface area (Å²) in [5, 5.41) is 28.4. The van der Waals surface area contributed by atoms with Gasteiger partial charge in [0, 0.05) is 12.1 Å². The Balaban J connectivity index is 0.000000494. The molecule has 0 atom stereocenters. The molecule has 0 fully saturated rings. The molecule has 0 aliphatic carbocycles. The van der Waals surface area contributed by atoms with Crippen LogP contribution < -0.4 is 10.3 Å². The second-order valence-corrected chi connectivity index (χ2v) is 4.27. The molecule has 0 radical (unpaired) electrons. The van der Waals surface area contributed by atoms with Crippen molar-refractivity contribution < 1.29 is 18.3 Å². The number of hydrogen-bond acceptors (Lipinski definition) is 6. The van der Waals surface area contributed by atoms with Gasteiger partial charge in [-0.05, 0) is 6.07 Å². The molecule has 100 valence electrons. The first-order valence-corrected chi connectivity index (χ1v) is 5.90. The van der Waals surface area contributed by atoms with Crippen molar-refractivity contribution in [3.05, 3.63) is 43.5 Å². The van der Waals surface area contributed by atoms with Crippen LogP contribution >= 0.6 is 11.6 Å². The highest BCUT2D eigenvalue weighted by atomic mass is 35.5. The van der Waals surface area contributed by atoms with Gasteiger partial charge in [-0.15, -0.1) is 0 Å². The lowest BCUT2D eigenvalue weighted by Crippen LogP contribution is -2.21. The minimum atomic E-state index is -3.67. The Labute approximate surface area is 106 Å². The Morgan fingerprint density at radius 2 is 1.33 bits per heavy atom. The van der Waals surface area contributed by atoms with E-state index in [1.54, 1.807) is 0 Å². The second kappa shape index (κ2) is 6.20. The van der Waals surface area contributed by atoms with Crippen LogP contribution in [0, 0.1) is 20.2 Å². The Bertz CT molecular complexity index is 533. The van der Waals surface area contributed by atoms with E-state index in [0.29, 0.717) is 0 Å². The van der Waals surface area contributed by atoms with E-state index in [2.05, 4.69) is 10.3 Å². The largest absolute Gasteiger partial charge is 0.294 e. The lowest BCUT2D eigenvalue weighted by molar-refractivity contribution is -0.393. The fraction of sp³-hybridized carbons (Fsp3) is 0. The number of nitro groups is 2. The molecular weight excluding hydrogens is 292 g/mol. The molecule has 0 saturated heterocycles. The fourth-order valence-corrected chi connectivity index (χ4v) is 1.05. The molecule has 12 heteroatoms. The standard InChI is InChI=1S/C6H3ClN2O4.H4N2O2S/c7-6-4(8(10)11)2-1-3-5(6)9(12)13;1-5(2,3)4/h1-3H;(H4,1,2,3,4). The van der Waals surface area contributed by atoms with Gasteiger partial charge in [0.1, 0.15) is 0 Å². The van der Waals surface area contributed by atoms with Gasteiger partial charge in [0.15, 0.2) is 5.02 Å². The van der Waals surface area contributed by atoms with Crippen LogP contribution in [-0.2, 0) is 10.2 Å². The van der Waals surface area contributed by atoms with Gasteiger partial charge >= 0.3 is 0 Å². The summed E-state index contributed by atoms with van der Waals surface area (Å²) in [6.07, 6.45) is 0. The van der Waals surface area contributed by atoms with Crippen LogP contribution in [0.5, 0.6) is 0 Å². The van der Waals surface area contributed by atoms with E-state index >= 15 is 0 Å². The topological polar surface area (TPSA) is 172 Å². The van der Waals surface area contributed by atoms with Crippen molar-refractivity contribution in [2.45, 2.75) is 0 Å². The first-order valence-electron chi connectivity index (χ1n) is 3.92. The molecule has 0 aromatic heterocycles. The second-order valence-electron chi connectivity index (χ2n) is 2.71. The molecule has 4 N–H and O–H groups in total. The summed E-state index contributed by atoms with van der Waals surface area (Å²) in [4.78, 5) is 19.1. The lowest BCUT2D eigenvalue weighted by Gasteiger charge is -1.95. The number of rotatable bonds is 2. The van der Waals surface area contributed by atoms with E-state index in [0.717, 1.165) is 12.1 Å². The smallest absolute Gasteiger partial charge is 0.258 e. The van der Waals surface area contributed by atoms with Gasteiger partial charge in [-0.1, -0.05) is 11.6 Å². The van der Waals surface area contributed by atoms with E-state index in [1.807, 2.05) is 0 Å². The Morgan fingerprint density at radius 1 is 1.06 bits per heavy atom. The van der Waals surface area contributed by atoms with E-state index in [4.69, 9.17) is 11.6 Å². The number of nitrogens with two attached hydrogens (primary N) is 2. The third kappa shape index (κ3) is 6.05. The maximum Gasteiger partial charge on any atom is 0.294 e. The Morgan fingerprint density at radius 3 is 1.56 bits per heavy atom. The SMILES string of the molecule is NS(N)(=O)=O.O=[N+]([O-])c1cccc([N+](=O)[O-])c1Cl. The maximum atomic E-state index is 10.3. The van der Waals surface area contributed by atoms with Gasteiger partial charge < -0.3 is 0 Å². The minimum Gasteiger partial charge on any atom is -0.258 e. The normalized spacial score (nSPS) is 10.2. The zero-order chi connectivity index (χ0) is 14.5. The molecule has 0 aliphatic heterocycles. The van der Waals surface area contributed by atoms with E-state index in [9.17, 15) is 28.6 Å². The summed E-state index contributed by atoms with van der Waals surface area (Å²) in [6.45, 7) is 0. The monoisotopic (exact) mass is 298 g/mol. The summed E-state index contributed by atoms with van der Waals surface area (Å²) >= 11 is 5.42. The molecule has 18 heavy (non-hydrogen) atoms. The molecular formula is C6H7ClN4O6S. The van der Waals surface area contributed by atoms with Crippen LogP contribution in [0.25, 0.3) is 0 Å². The highest BCUT2D eigenvalue weighted by Crippen LogP contribution is 2.32. The third-order valence-electron chi connectivity index (χ3n) is 1.35. The summed E-state index contributed by atoms with van der Waals surface area (Å²) in [5.41, 5.74) is -0.924.